The van der Waals surface area contributed by atoms with Gasteiger partial charge in [-0.1, -0.05) is 40.8 Å². The highest BCUT2D eigenvalue weighted by atomic mass is 32.1. The van der Waals surface area contributed by atoms with Gasteiger partial charge in [0.2, 0.25) is 0 Å². The van der Waals surface area contributed by atoms with Gasteiger partial charge in [0.05, 0.1) is 32.6 Å². The zero-order valence-electron chi connectivity index (χ0n) is 16.1. The molecule has 0 fully saturated rings. The first kappa shape index (κ1) is 18.4. The molecule has 1 amide bonds. The standard InChI is InChI=1S/C22H15FN4O2S/c1-12-19-14(21(28)27(2)22-25-16-9-5-6-10-18(16)30-22)11-17(24-20(19)29-26-12)13-7-3-4-8-15(13)23/h3-11H,1-2H3. The van der Waals surface area contributed by atoms with Crippen molar-refractivity contribution in [2.24, 2.45) is 0 Å². The molecule has 6 nitrogen and oxygen atoms in total. The van der Waals surface area contributed by atoms with Crippen LogP contribution in [-0.4, -0.2) is 28.1 Å². The number of benzene rings is 2. The third-order valence-electron chi connectivity index (χ3n) is 4.87. The van der Waals surface area contributed by atoms with Crippen LogP contribution in [0.4, 0.5) is 9.52 Å². The van der Waals surface area contributed by atoms with Crippen molar-refractivity contribution in [1.29, 1.82) is 0 Å². The number of thiazole rings is 1. The van der Waals surface area contributed by atoms with Crippen molar-refractivity contribution in [1.82, 2.24) is 15.1 Å². The molecule has 5 aromatic rings. The van der Waals surface area contributed by atoms with Crippen molar-refractivity contribution in [3.63, 3.8) is 0 Å². The summed E-state index contributed by atoms with van der Waals surface area (Å²) in [6.07, 6.45) is 0. The number of rotatable bonds is 3. The fourth-order valence-corrected chi connectivity index (χ4v) is 4.27. The van der Waals surface area contributed by atoms with Gasteiger partial charge in [-0.05, 0) is 37.3 Å². The summed E-state index contributed by atoms with van der Waals surface area (Å²) in [7, 11) is 1.66. The van der Waals surface area contributed by atoms with E-state index in [2.05, 4.69) is 15.1 Å². The number of para-hydroxylation sites is 1. The van der Waals surface area contributed by atoms with Crippen molar-refractivity contribution >= 4 is 43.7 Å². The molecule has 0 saturated carbocycles. The molecular weight excluding hydrogens is 403 g/mol. The second-order valence-electron chi connectivity index (χ2n) is 6.81. The third-order valence-corrected chi connectivity index (χ3v) is 5.98. The molecule has 2 aromatic carbocycles. The third kappa shape index (κ3) is 2.93. The van der Waals surface area contributed by atoms with Crippen LogP contribution in [0.1, 0.15) is 16.1 Å². The quantitative estimate of drug-likeness (QED) is 0.401. The van der Waals surface area contributed by atoms with Crippen molar-refractivity contribution < 1.29 is 13.7 Å². The zero-order valence-corrected chi connectivity index (χ0v) is 16.9. The van der Waals surface area contributed by atoms with Crippen LogP contribution < -0.4 is 4.90 Å². The summed E-state index contributed by atoms with van der Waals surface area (Å²) >= 11 is 1.42. The number of amides is 1. The molecule has 0 atom stereocenters. The number of nitrogens with zero attached hydrogens (tertiary/aromatic N) is 4. The maximum Gasteiger partial charge on any atom is 0.260 e. The average molecular weight is 418 g/mol. The summed E-state index contributed by atoms with van der Waals surface area (Å²) in [6, 6.07) is 15.5. The maximum absolute atomic E-state index is 14.4. The molecule has 0 bridgehead atoms. The van der Waals surface area contributed by atoms with Gasteiger partial charge in [0.1, 0.15) is 5.82 Å². The lowest BCUT2D eigenvalue weighted by Crippen LogP contribution is -2.26. The molecule has 0 aliphatic heterocycles. The highest BCUT2D eigenvalue weighted by Gasteiger charge is 2.24. The van der Waals surface area contributed by atoms with Gasteiger partial charge < -0.3 is 4.52 Å². The van der Waals surface area contributed by atoms with Gasteiger partial charge in [0.15, 0.2) is 5.13 Å². The van der Waals surface area contributed by atoms with Gasteiger partial charge in [0.25, 0.3) is 11.6 Å². The Bertz CT molecular complexity index is 1390. The summed E-state index contributed by atoms with van der Waals surface area (Å²) in [5, 5.41) is 5.02. The molecule has 148 valence electrons. The number of hydrogen-bond donors (Lipinski definition) is 0. The number of aromatic nitrogens is 3. The van der Waals surface area contributed by atoms with E-state index in [4.69, 9.17) is 4.52 Å². The van der Waals surface area contributed by atoms with Crippen LogP contribution >= 0.6 is 11.3 Å². The van der Waals surface area contributed by atoms with Gasteiger partial charge in [-0.25, -0.2) is 14.4 Å². The van der Waals surface area contributed by atoms with Crippen LogP contribution in [0.5, 0.6) is 0 Å². The first-order chi connectivity index (χ1) is 14.5. The number of halogens is 1. The second-order valence-corrected chi connectivity index (χ2v) is 7.82. The van der Waals surface area contributed by atoms with Crippen LogP contribution in [0.15, 0.2) is 59.1 Å². The SMILES string of the molecule is Cc1noc2nc(-c3ccccc3F)cc(C(=O)N(C)c3nc4ccccc4s3)c12. The van der Waals surface area contributed by atoms with Crippen molar-refractivity contribution in [3.8, 4) is 11.3 Å². The summed E-state index contributed by atoms with van der Waals surface area (Å²) < 4.78 is 20.7. The average Bonchev–Trinajstić information content (AvgIpc) is 3.36. The summed E-state index contributed by atoms with van der Waals surface area (Å²) in [4.78, 5) is 23.9. The molecule has 0 radical (unpaired) electrons. The van der Waals surface area contributed by atoms with E-state index in [0.29, 0.717) is 27.5 Å². The van der Waals surface area contributed by atoms with E-state index in [1.54, 1.807) is 38.2 Å². The Kier molecular flexibility index (Phi) is 4.29. The first-order valence-electron chi connectivity index (χ1n) is 9.18. The summed E-state index contributed by atoms with van der Waals surface area (Å²) in [5.74, 6) is -0.733. The molecule has 8 heteroatoms. The fraction of sp³-hybridized carbons (Fsp3) is 0.0909. The minimum absolute atomic E-state index is 0.189. The predicted octanol–water partition coefficient (Wildman–Crippen LogP) is 5.22. The fourth-order valence-electron chi connectivity index (χ4n) is 3.34. The highest BCUT2D eigenvalue weighted by molar-refractivity contribution is 7.22. The Hall–Kier alpha value is -3.65. The number of pyridine rings is 1. The van der Waals surface area contributed by atoms with Crippen LogP contribution in [-0.2, 0) is 0 Å². The van der Waals surface area contributed by atoms with Crippen molar-refractivity contribution in [3.05, 3.63) is 71.7 Å². The van der Waals surface area contributed by atoms with E-state index in [9.17, 15) is 9.18 Å². The molecule has 0 N–H and O–H groups in total. The number of carbonyl (C=O) groups is 1. The number of aryl methyl sites for hydroxylation is 1. The van der Waals surface area contributed by atoms with Crippen molar-refractivity contribution in [2.75, 3.05) is 11.9 Å². The van der Waals surface area contributed by atoms with Crippen LogP contribution in [0.25, 0.3) is 32.6 Å². The van der Waals surface area contributed by atoms with E-state index in [1.807, 2.05) is 24.3 Å². The molecule has 30 heavy (non-hydrogen) atoms. The topological polar surface area (TPSA) is 72.1 Å². The number of carbonyl (C=O) groups excluding carboxylic acids is 1. The molecular formula is C22H15FN4O2S. The summed E-state index contributed by atoms with van der Waals surface area (Å²) in [6.45, 7) is 1.74. The molecule has 0 spiro atoms. The molecule has 0 aliphatic rings. The zero-order chi connectivity index (χ0) is 20.8. The Morgan fingerprint density at radius 1 is 1.10 bits per heavy atom. The normalized spacial score (nSPS) is 11.3. The van der Waals surface area contributed by atoms with Gasteiger partial charge in [-0.15, -0.1) is 0 Å². The molecule has 0 saturated heterocycles. The largest absolute Gasteiger partial charge is 0.335 e. The van der Waals surface area contributed by atoms with Gasteiger partial charge in [0, 0.05) is 12.6 Å². The van der Waals surface area contributed by atoms with E-state index in [-0.39, 0.29) is 17.2 Å². The number of anilines is 1. The smallest absolute Gasteiger partial charge is 0.260 e. The highest BCUT2D eigenvalue weighted by Crippen LogP contribution is 2.32. The molecule has 5 rings (SSSR count). The van der Waals surface area contributed by atoms with Crippen LogP contribution in [0, 0.1) is 12.7 Å². The van der Waals surface area contributed by atoms with Crippen LogP contribution in [0.3, 0.4) is 0 Å². The lowest BCUT2D eigenvalue weighted by Gasteiger charge is -2.15. The van der Waals surface area contributed by atoms with Crippen LogP contribution in [0.2, 0.25) is 0 Å². The molecule has 0 aliphatic carbocycles. The minimum atomic E-state index is -0.432. The Morgan fingerprint density at radius 2 is 1.87 bits per heavy atom. The minimum Gasteiger partial charge on any atom is -0.335 e. The molecule has 3 aromatic heterocycles. The maximum atomic E-state index is 14.4. The Morgan fingerprint density at radius 3 is 2.67 bits per heavy atom. The van der Waals surface area contributed by atoms with Gasteiger partial charge in [-0.2, -0.15) is 0 Å². The van der Waals surface area contributed by atoms with E-state index in [1.165, 1.54) is 22.3 Å². The lowest BCUT2D eigenvalue weighted by molar-refractivity contribution is 0.0994. The van der Waals surface area contributed by atoms with Gasteiger partial charge >= 0.3 is 0 Å². The molecule has 0 unspecified atom stereocenters. The monoisotopic (exact) mass is 418 g/mol. The number of hydrogen-bond acceptors (Lipinski definition) is 6. The number of fused-ring (bicyclic) bond motifs is 2. The van der Waals surface area contributed by atoms with E-state index >= 15 is 0 Å². The second kappa shape index (κ2) is 7.00. The van der Waals surface area contributed by atoms with E-state index in [0.717, 1.165) is 10.2 Å². The van der Waals surface area contributed by atoms with E-state index < -0.39 is 5.82 Å². The van der Waals surface area contributed by atoms with Crippen molar-refractivity contribution in [2.45, 2.75) is 6.92 Å². The Labute approximate surface area is 174 Å². The Balaban J connectivity index is 1.66. The lowest BCUT2D eigenvalue weighted by atomic mass is 10.0. The molecule has 3 heterocycles. The first-order valence-corrected chi connectivity index (χ1v) is 10.00. The predicted molar refractivity (Wildman–Crippen MR) is 114 cm³/mol. The summed E-state index contributed by atoms with van der Waals surface area (Å²) in [5.41, 5.74) is 2.47. The van der Waals surface area contributed by atoms with Gasteiger partial charge in [-0.3, -0.25) is 9.69 Å².